The predicted octanol–water partition coefficient (Wildman–Crippen LogP) is 2.01. The molecule has 0 unspecified atom stereocenters. The van der Waals surface area contributed by atoms with E-state index in [4.69, 9.17) is 4.98 Å². The minimum Gasteiger partial charge on any atom is -0.368 e. The molecule has 32 heavy (non-hydrogen) atoms. The third-order valence-electron chi connectivity index (χ3n) is 7.05. The van der Waals surface area contributed by atoms with Gasteiger partial charge in [0.15, 0.2) is 0 Å². The number of piperazine rings is 2. The van der Waals surface area contributed by atoms with E-state index in [-0.39, 0.29) is 11.4 Å². The molecule has 0 atom stereocenters. The van der Waals surface area contributed by atoms with Crippen LogP contribution in [0.1, 0.15) is 32.1 Å². The molecule has 2 saturated heterocycles. The number of nitrogens with one attached hydrogen (secondary N) is 2. The highest BCUT2D eigenvalue weighted by atomic mass is 16.2. The Hall–Kier alpha value is -2.94. The lowest BCUT2D eigenvalue weighted by atomic mass is 9.79. The Kier molecular flexibility index (Phi) is 5.82. The van der Waals surface area contributed by atoms with Crippen molar-refractivity contribution in [1.82, 2.24) is 25.2 Å². The molecule has 4 heterocycles. The quantitative estimate of drug-likeness (QED) is 0.752. The van der Waals surface area contributed by atoms with Crippen LogP contribution in [-0.4, -0.2) is 77.6 Å². The van der Waals surface area contributed by atoms with Crippen molar-refractivity contribution in [1.29, 1.82) is 0 Å². The van der Waals surface area contributed by atoms with E-state index in [1.54, 1.807) is 6.20 Å². The van der Waals surface area contributed by atoms with Crippen molar-refractivity contribution in [3.8, 4) is 0 Å². The number of rotatable bonds is 4. The van der Waals surface area contributed by atoms with Crippen LogP contribution in [0, 0.1) is 0 Å². The van der Waals surface area contributed by atoms with Crippen LogP contribution in [0.25, 0.3) is 0 Å². The third-order valence-corrected chi connectivity index (χ3v) is 7.05. The number of likely N-dealkylation sites (N-methyl/N-ethyl adjacent to an activating group) is 1. The third kappa shape index (κ3) is 4.34. The molecule has 0 aromatic carbocycles. The molecule has 9 heteroatoms. The summed E-state index contributed by atoms with van der Waals surface area (Å²) in [6.07, 6.45) is 9.45. The first-order valence-corrected chi connectivity index (χ1v) is 11.7. The Labute approximate surface area is 189 Å². The fourth-order valence-electron chi connectivity index (χ4n) is 5.09. The summed E-state index contributed by atoms with van der Waals surface area (Å²) in [4.78, 5) is 32.8. The standard InChI is InChI=1S/C23H32N8O/c1-29-11-13-30(14-12-29)18-5-6-19(25-15-18)27-22-24-10-7-20(28-22)31-16-21(32)26-17-23(31)8-3-2-4-9-23/h5-7,10,15H,2-4,8-9,11-14,16-17H2,1H3,(H,26,32)(H,24,25,27,28). The van der Waals surface area contributed by atoms with Crippen molar-refractivity contribution in [3.63, 3.8) is 0 Å². The fraction of sp³-hybridized carbons (Fsp3) is 0.565. The average Bonchev–Trinajstić information content (AvgIpc) is 2.83. The van der Waals surface area contributed by atoms with E-state index in [0.717, 1.165) is 50.5 Å². The first-order chi connectivity index (χ1) is 15.6. The SMILES string of the molecule is CN1CCN(c2ccc(Nc3nccc(N4CC(=O)NCC45CCCCC5)n3)nc2)CC1. The highest BCUT2D eigenvalue weighted by Crippen LogP contribution is 2.37. The molecule has 2 N–H and O–H groups in total. The van der Waals surface area contributed by atoms with Gasteiger partial charge in [-0.1, -0.05) is 19.3 Å². The number of nitrogens with zero attached hydrogens (tertiary/aromatic N) is 6. The molecular formula is C23H32N8O. The fourth-order valence-corrected chi connectivity index (χ4v) is 5.09. The zero-order valence-electron chi connectivity index (χ0n) is 18.8. The summed E-state index contributed by atoms with van der Waals surface area (Å²) in [5.41, 5.74) is 1.09. The maximum Gasteiger partial charge on any atom is 0.239 e. The van der Waals surface area contributed by atoms with Crippen LogP contribution in [0.3, 0.4) is 0 Å². The summed E-state index contributed by atoms with van der Waals surface area (Å²) >= 11 is 0. The van der Waals surface area contributed by atoms with Crippen molar-refractivity contribution in [2.24, 2.45) is 0 Å². The number of hydrogen-bond donors (Lipinski definition) is 2. The molecular weight excluding hydrogens is 404 g/mol. The molecule has 0 radical (unpaired) electrons. The van der Waals surface area contributed by atoms with Gasteiger partial charge in [0.1, 0.15) is 11.6 Å². The second-order valence-electron chi connectivity index (χ2n) is 9.20. The van der Waals surface area contributed by atoms with Crippen LogP contribution < -0.4 is 20.4 Å². The molecule has 0 bridgehead atoms. The van der Waals surface area contributed by atoms with Crippen molar-refractivity contribution >= 4 is 29.2 Å². The lowest BCUT2D eigenvalue weighted by Crippen LogP contribution is -2.64. The number of aromatic nitrogens is 3. The van der Waals surface area contributed by atoms with E-state index in [1.165, 1.54) is 19.3 Å². The molecule has 1 saturated carbocycles. The summed E-state index contributed by atoms with van der Waals surface area (Å²) in [5, 5.41) is 6.31. The summed E-state index contributed by atoms with van der Waals surface area (Å²) in [5.74, 6) is 2.06. The second-order valence-corrected chi connectivity index (χ2v) is 9.20. The number of carbonyl (C=O) groups is 1. The van der Waals surface area contributed by atoms with Crippen LogP contribution in [-0.2, 0) is 4.79 Å². The van der Waals surface area contributed by atoms with Gasteiger partial charge in [0, 0.05) is 38.9 Å². The lowest BCUT2D eigenvalue weighted by molar-refractivity contribution is -0.121. The zero-order chi connectivity index (χ0) is 22.0. The minimum absolute atomic E-state index is 0.0415. The van der Waals surface area contributed by atoms with Gasteiger partial charge in [0.2, 0.25) is 11.9 Å². The van der Waals surface area contributed by atoms with Gasteiger partial charge in [-0.25, -0.2) is 9.97 Å². The lowest BCUT2D eigenvalue weighted by Gasteiger charge is -2.49. The molecule has 5 rings (SSSR count). The molecule has 2 aliphatic heterocycles. The molecule has 2 aromatic rings. The van der Waals surface area contributed by atoms with Crippen LogP contribution in [0.4, 0.5) is 23.3 Å². The Bertz CT molecular complexity index is 935. The molecule has 9 nitrogen and oxygen atoms in total. The summed E-state index contributed by atoms with van der Waals surface area (Å²) < 4.78 is 0. The van der Waals surface area contributed by atoms with Crippen molar-refractivity contribution in [3.05, 3.63) is 30.6 Å². The molecule has 3 fully saturated rings. The van der Waals surface area contributed by atoms with Gasteiger partial charge in [-0.3, -0.25) is 4.79 Å². The van der Waals surface area contributed by atoms with E-state index in [1.807, 2.05) is 18.3 Å². The topological polar surface area (TPSA) is 89.5 Å². The first kappa shape index (κ1) is 20.9. The number of hydrogen-bond acceptors (Lipinski definition) is 8. The van der Waals surface area contributed by atoms with E-state index in [9.17, 15) is 4.79 Å². The van der Waals surface area contributed by atoms with Gasteiger partial charge in [-0.15, -0.1) is 0 Å². The number of carbonyl (C=O) groups excluding carboxylic acids is 1. The number of anilines is 4. The van der Waals surface area contributed by atoms with E-state index >= 15 is 0 Å². The number of amides is 1. The molecule has 1 amide bonds. The second kappa shape index (κ2) is 8.90. The van der Waals surface area contributed by atoms with Crippen molar-refractivity contribution in [2.75, 3.05) is 61.4 Å². The molecule has 1 spiro atoms. The molecule has 170 valence electrons. The zero-order valence-corrected chi connectivity index (χ0v) is 18.8. The Morgan fingerprint density at radius 2 is 1.84 bits per heavy atom. The Morgan fingerprint density at radius 1 is 1.03 bits per heavy atom. The molecule has 1 aliphatic carbocycles. The molecule has 3 aliphatic rings. The molecule has 2 aromatic heterocycles. The van der Waals surface area contributed by atoms with Crippen LogP contribution in [0.2, 0.25) is 0 Å². The van der Waals surface area contributed by atoms with Crippen LogP contribution in [0.5, 0.6) is 0 Å². The minimum atomic E-state index is -0.0415. The maximum atomic E-state index is 12.2. The smallest absolute Gasteiger partial charge is 0.239 e. The highest BCUT2D eigenvalue weighted by molar-refractivity contribution is 5.83. The normalized spacial score (nSPS) is 21.5. The first-order valence-electron chi connectivity index (χ1n) is 11.7. The summed E-state index contributed by atoms with van der Waals surface area (Å²) in [6.45, 7) is 5.19. The van der Waals surface area contributed by atoms with E-state index in [0.29, 0.717) is 24.9 Å². The van der Waals surface area contributed by atoms with Crippen LogP contribution >= 0.6 is 0 Å². The van der Waals surface area contributed by atoms with Gasteiger partial charge in [-0.05, 0) is 38.1 Å². The summed E-state index contributed by atoms with van der Waals surface area (Å²) in [7, 11) is 2.16. The van der Waals surface area contributed by atoms with Crippen molar-refractivity contribution in [2.45, 2.75) is 37.6 Å². The van der Waals surface area contributed by atoms with Gasteiger partial charge in [0.25, 0.3) is 0 Å². The predicted molar refractivity (Wildman–Crippen MR) is 125 cm³/mol. The van der Waals surface area contributed by atoms with Gasteiger partial charge >= 0.3 is 0 Å². The Balaban J connectivity index is 1.31. The highest BCUT2D eigenvalue weighted by Gasteiger charge is 2.42. The van der Waals surface area contributed by atoms with Crippen molar-refractivity contribution < 1.29 is 4.79 Å². The monoisotopic (exact) mass is 436 g/mol. The Morgan fingerprint density at radius 3 is 2.59 bits per heavy atom. The van der Waals surface area contributed by atoms with E-state index in [2.05, 4.69) is 48.4 Å². The summed E-state index contributed by atoms with van der Waals surface area (Å²) in [6, 6.07) is 5.97. The van der Waals surface area contributed by atoms with Gasteiger partial charge in [-0.2, -0.15) is 4.98 Å². The van der Waals surface area contributed by atoms with Gasteiger partial charge in [0.05, 0.1) is 24.0 Å². The van der Waals surface area contributed by atoms with E-state index < -0.39 is 0 Å². The average molecular weight is 437 g/mol. The van der Waals surface area contributed by atoms with Gasteiger partial charge < -0.3 is 25.3 Å². The largest absolute Gasteiger partial charge is 0.368 e. The van der Waals surface area contributed by atoms with Crippen LogP contribution in [0.15, 0.2) is 30.6 Å². The maximum absolute atomic E-state index is 12.2. The number of pyridine rings is 1.